The van der Waals surface area contributed by atoms with Gasteiger partial charge in [0.1, 0.15) is 0 Å². The molecule has 0 spiro atoms. The van der Waals surface area contributed by atoms with Gasteiger partial charge >= 0.3 is 0 Å². The number of hydrogen-bond donors (Lipinski definition) is 0. The Morgan fingerprint density at radius 2 is 1.00 bits per heavy atom. The molecule has 10 aromatic rings. The number of hydrogen-bond acceptors (Lipinski definition) is 2. The fourth-order valence-corrected chi connectivity index (χ4v) is 8.73. The molecule has 48 heavy (non-hydrogen) atoms. The lowest BCUT2D eigenvalue weighted by atomic mass is 9.95. The van der Waals surface area contributed by atoms with Gasteiger partial charge in [-0.15, -0.1) is 11.3 Å². The first-order valence-corrected chi connectivity index (χ1v) is 17.2. The van der Waals surface area contributed by atoms with E-state index < -0.39 is 0 Å². The second-order valence-electron chi connectivity index (χ2n) is 12.5. The van der Waals surface area contributed by atoms with Crippen LogP contribution in [0.1, 0.15) is 0 Å². The number of fused-ring (bicyclic) bond motifs is 10. The van der Waals surface area contributed by atoms with Crippen molar-refractivity contribution in [2.24, 2.45) is 0 Å². The third-order valence-corrected chi connectivity index (χ3v) is 10.9. The topological polar surface area (TPSA) is 3.24 Å². The summed E-state index contributed by atoms with van der Waals surface area (Å²) >= 11 is 1.87. The van der Waals surface area contributed by atoms with E-state index in [0.717, 1.165) is 11.4 Å². The summed E-state index contributed by atoms with van der Waals surface area (Å²) in [5.41, 5.74) is 5.84. The van der Waals surface area contributed by atoms with Crippen LogP contribution in [0.15, 0.2) is 176 Å². The van der Waals surface area contributed by atoms with Gasteiger partial charge in [0.15, 0.2) is 0 Å². The van der Waals surface area contributed by atoms with Gasteiger partial charge in [-0.2, -0.15) is 0 Å². The van der Waals surface area contributed by atoms with Crippen molar-refractivity contribution < 1.29 is 0 Å². The maximum atomic E-state index is 2.45. The minimum Gasteiger partial charge on any atom is -0.310 e. The van der Waals surface area contributed by atoms with Crippen LogP contribution in [0.4, 0.5) is 17.1 Å². The molecule has 2 heteroatoms. The predicted molar refractivity (Wildman–Crippen MR) is 209 cm³/mol. The average Bonchev–Trinajstić information content (AvgIpc) is 3.54. The van der Waals surface area contributed by atoms with Gasteiger partial charge in [-0.25, -0.2) is 0 Å². The highest BCUT2D eigenvalue weighted by Crippen LogP contribution is 2.45. The highest BCUT2D eigenvalue weighted by Gasteiger charge is 2.19. The van der Waals surface area contributed by atoms with E-state index in [1.807, 2.05) is 11.3 Å². The summed E-state index contributed by atoms with van der Waals surface area (Å²) in [6, 6.07) is 64.5. The Bertz CT molecular complexity index is 2850. The normalized spacial score (nSPS) is 11.8. The Labute approximate surface area is 282 Å². The molecular weight excluding hydrogens is 599 g/mol. The third-order valence-electron chi connectivity index (χ3n) is 9.80. The quantitative estimate of drug-likeness (QED) is 0.176. The van der Waals surface area contributed by atoms with Crippen LogP contribution >= 0.6 is 11.3 Å². The molecule has 1 heterocycles. The first kappa shape index (κ1) is 27.2. The lowest BCUT2D eigenvalue weighted by molar-refractivity contribution is 1.30. The Kier molecular flexibility index (Phi) is 6.12. The van der Waals surface area contributed by atoms with Crippen molar-refractivity contribution in [1.82, 2.24) is 0 Å². The maximum absolute atomic E-state index is 2.45. The fraction of sp³-hybridized carbons (Fsp3) is 0. The second kappa shape index (κ2) is 10.8. The van der Waals surface area contributed by atoms with Gasteiger partial charge in [0.2, 0.25) is 0 Å². The van der Waals surface area contributed by atoms with Gasteiger partial charge < -0.3 is 4.90 Å². The van der Waals surface area contributed by atoms with Gasteiger partial charge in [0.05, 0.1) is 5.69 Å². The SMILES string of the molecule is c1ccc(-c2cccc(N(c3ccc4c(ccc5ccc6ccccc6c54)c3)c3cccc4c3ccc3sc5ccccc5c34)c2)cc1. The Balaban J connectivity index is 1.25. The summed E-state index contributed by atoms with van der Waals surface area (Å²) in [6.45, 7) is 0. The van der Waals surface area contributed by atoms with Crippen LogP contribution in [0.3, 0.4) is 0 Å². The molecule has 0 aliphatic carbocycles. The predicted octanol–water partition coefficient (Wildman–Crippen LogP) is 13.8. The van der Waals surface area contributed by atoms with E-state index in [2.05, 4.69) is 181 Å². The van der Waals surface area contributed by atoms with E-state index >= 15 is 0 Å². The molecule has 0 atom stereocenters. The molecule has 0 aliphatic heterocycles. The van der Waals surface area contributed by atoms with Crippen molar-refractivity contribution in [3.8, 4) is 11.1 Å². The fourth-order valence-electron chi connectivity index (χ4n) is 7.60. The van der Waals surface area contributed by atoms with Crippen molar-refractivity contribution in [2.75, 3.05) is 4.90 Å². The lowest BCUT2D eigenvalue weighted by Crippen LogP contribution is -2.10. The highest BCUT2D eigenvalue weighted by molar-refractivity contribution is 7.26. The molecule has 224 valence electrons. The van der Waals surface area contributed by atoms with Gasteiger partial charge in [0, 0.05) is 36.9 Å². The van der Waals surface area contributed by atoms with E-state index in [9.17, 15) is 0 Å². The molecule has 10 rings (SSSR count). The second-order valence-corrected chi connectivity index (χ2v) is 13.6. The van der Waals surface area contributed by atoms with Crippen molar-refractivity contribution in [2.45, 2.75) is 0 Å². The summed E-state index contributed by atoms with van der Waals surface area (Å²) in [5, 5.41) is 12.8. The van der Waals surface area contributed by atoms with E-state index in [4.69, 9.17) is 0 Å². The van der Waals surface area contributed by atoms with Crippen molar-refractivity contribution in [1.29, 1.82) is 0 Å². The largest absolute Gasteiger partial charge is 0.310 e. The molecule has 0 fully saturated rings. The molecular formula is C46H29NS. The summed E-state index contributed by atoms with van der Waals surface area (Å²) < 4.78 is 2.65. The molecule has 0 saturated carbocycles. The molecule has 0 amide bonds. The van der Waals surface area contributed by atoms with E-state index in [1.54, 1.807) is 0 Å². The molecule has 0 aliphatic rings. The van der Waals surface area contributed by atoms with Crippen molar-refractivity contribution in [3.63, 3.8) is 0 Å². The first-order valence-electron chi connectivity index (χ1n) is 16.4. The number of nitrogens with zero attached hydrogens (tertiary/aromatic N) is 1. The summed E-state index contributed by atoms with van der Waals surface area (Å²) in [6.07, 6.45) is 0. The van der Waals surface area contributed by atoms with Crippen LogP contribution in [-0.4, -0.2) is 0 Å². The molecule has 1 aromatic heterocycles. The van der Waals surface area contributed by atoms with Crippen molar-refractivity contribution >= 4 is 91.7 Å². The van der Waals surface area contributed by atoms with Crippen LogP contribution in [0.5, 0.6) is 0 Å². The summed E-state index contributed by atoms with van der Waals surface area (Å²) in [7, 11) is 0. The monoisotopic (exact) mass is 627 g/mol. The Morgan fingerprint density at radius 1 is 0.333 bits per heavy atom. The zero-order valence-corrected chi connectivity index (χ0v) is 26.9. The number of rotatable bonds is 4. The lowest BCUT2D eigenvalue weighted by Gasteiger charge is -2.28. The van der Waals surface area contributed by atoms with Crippen LogP contribution in [0, 0.1) is 0 Å². The van der Waals surface area contributed by atoms with Gasteiger partial charge in [0.25, 0.3) is 0 Å². The van der Waals surface area contributed by atoms with Crippen molar-refractivity contribution in [3.05, 3.63) is 176 Å². The minimum absolute atomic E-state index is 1.13. The van der Waals surface area contributed by atoms with Gasteiger partial charge in [-0.1, -0.05) is 133 Å². The highest BCUT2D eigenvalue weighted by atomic mass is 32.1. The number of anilines is 3. The van der Waals surface area contributed by atoms with E-state index in [1.165, 1.54) is 80.1 Å². The van der Waals surface area contributed by atoms with Crippen LogP contribution < -0.4 is 4.90 Å². The van der Waals surface area contributed by atoms with E-state index in [-0.39, 0.29) is 0 Å². The first-order chi connectivity index (χ1) is 23.8. The van der Waals surface area contributed by atoms with Crippen LogP contribution in [0.2, 0.25) is 0 Å². The van der Waals surface area contributed by atoms with Gasteiger partial charge in [-0.05, 0) is 91.3 Å². The summed E-state index contributed by atoms with van der Waals surface area (Å²) in [4.78, 5) is 2.45. The zero-order valence-electron chi connectivity index (χ0n) is 26.1. The van der Waals surface area contributed by atoms with Crippen LogP contribution in [0.25, 0.3) is 74.4 Å². The molecule has 0 unspecified atom stereocenters. The smallest absolute Gasteiger partial charge is 0.0540 e. The van der Waals surface area contributed by atoms with Gasteiger partial charge in [-0.3, -0.25) is 0 Å². The summed E-state index contributed by atoms with van der Waals surface area (Å²) in [5.74, 6) is 0. The average molecular weight is 628 g/mol. The minimum atomic E-state index is 1.13. The van der Waals surface area contributed by atoms with E-state index in [0.29, 0.717) is 0 Å². The maximum Gasteiger partial charge on any atom is 0.0540 e. The molecule has 0 N–H and O–H groups in total. The molecule has 0 saturated heterocycles. The zero-order chi connectivity index (χ0) is 31.6. The van der Waals surface area contributed by atoms with Crippen LogP contribution in [-0.2, 0) is 0 Å². The molecule has 0 radical (unpaired) electrons. The Hall–Kier alpha value is -5.96. The number of benzene rings is 9. The number of thiophene rings is 1. The molecule has 0 bridgehead atoms. The molecule has 1 nitrogen and oxygen atoms in total. The standard InChI is InChI=1S/C46H29NS/c1-2-10-30(11-3-1)33-13-8-14-35(28-33)47(42-18-9-17-40-39(42)26-27-44-46(40)41-16-6-7-19-43(41)48-44)36-24-25-38-34(29-36)23-22-32-21-20-31-12-4-5-15-37(31)45(32)38/h1-29H. The Morgan fingerprint density at radius 3 is 1.92 bits per heavy atom. The third kappa shape index (κ3) is 4.24. The molecule has 9 aromatic carbocycles.